The summed E-state index contributed by atoms with van der Waals surface area (Å²) >= 11 is 0. The van der Waals surface area contributed by atoms with Crippen LogP contribution in [0.4, 0.5) is 11.4 Å². The molecule has 198 valence electrons. The Kier molecular flexibility index (Phi) is 7.15. The first-order chi connectivity index (χ1) is 19.2. The molecule has 0 saturated heterocycles. The molecule has 7 nitrogen and oxygen atoms in total. The van der Waals surface area contributed by atoms with Crippen LogP contribution in [0.2, 0.25) is 0 Å². The molecule has 0 amide bonds. The highest BCUT2D eigenvalue weighted by molar-refractivity contribution is 6.05. The molecule has 2 aromatic heterocycles. The Balaban J connectivity index is 1.26. The third kappa shape index (κ3) is 5.31. The molecular weight excluding hydrogens is 488 g/mol. The van der Waals surface area contributed by atoms with Crippen LogP contribution in [0.3, 0.4) is 0 Å². The summed E-state index contributed by atoms with van der Waals surface area (Å²) in [6.07, 6.45) is 7.28. The minimum absolute atomic E-state index is 0.0756. The number of rotatable bonds is 10. The third-order valence-corrected chi connectivity index (χ3v) is 7.31. The Morgan fingerprint density at radius 3 is 2.62 bits per heavy atom. The van der Waals surface area contributed by atoms with Gasteiger partial charge in [0.2, 0.25) is 0 Å². The highest BCUT2D eigenvalue weighted by Gasteiger charge is 2.14. The van der Waals surface area contributed by atoms with Gasteiger partial charge in [0.25, 0.3) is 5.56 Å². The zero-order valence-electron chi connectivity index (χ0n) is 22.1. The summed E-state index contributed by atoms with van der Waals surface area (Å²) in [5.74, 6) is 0.663. The number of furan rings is 1. The molecule has 3 aromatic carbocycles. The molecular formula is C32H32N4O3. The summed E-state index contributed by atoms with van der Waals surface area (Å²) in [7, 11) is 1.69. The molecule has 0 bridgehead atoms. The van der Waals surface area contributed by atoms with E-state index >= 15 is 0 Å². The first-order valence-corrected chi connectivity index (χ1v) is 13.4. The van der Waals surface area contributed by atoms with Crippen LogP contribution in [0.25, 0.3) is 33.3 Å². The van der Waals surface area contributed by atoms with E-state index in [1.165, 1.54) is 12.0 Å². The molecule has 2 N–H and O–H groups in total. The van der Waals surface area contributed by atoms with E-state index in [-0.39, 0.29) is 5.56 Å². The van der Waals surface area contributed by atoms with Gasteiger partial charge in [-0.3, -0.25) is 9.36 Å². The van der Waals surface area contributed by atoms with Gasteiger partial charge in [-0.15, -0.1) is 0 Å². The Morgan fingerprint density at radius 1 is 1.00 bits per heavy atom. The maximum atomic E-state index is 13.7. The lowest BCUT2D eigenvalue weighted by Gasteiger charge is -2.18. The summed E-state index contributed by atoms with van der Waals surface area (Å²) in [6, 6.07) is 22.2. The summed E-state index contributed by atoms with van der Waals surface area (Å²) < 4.78 is 12.8. The van der Waals surface area contributed by atoms with E-state index in [1.807, 2.05) is 54.6 Å². The number of anilines is 2. The molecule has 7 heteroatoms. The van der Waals surface area contributed by atoms with Crippen molar-refractivity contribution in [3.8, 4) is 11.4 Å². The molecule has 1 fully saturated rings. The number of nitrogens with one attached hydrogen (secondary N) is 2. The fraction of sp³-hybridized carbons (Fsp3) is 0.250. The number of hydrogen-bond acceptors (Lipinski definition) is 6. The minimum Gasteiger partial charge on any atom is -0.456 e. The van der Waals surface area contributed by atoms with E-state index in [0.717, 1.165) is 58.1 Å². The largest absolute Gasteiger partial charge is 0.456 e. The Hall–Kier alpha value is -4.36. The van der Waals surface area contributed by atoms with Crippen LogP contribution in [0.5, 0.6) is 0 Å². The van der Waals surface area contributed by atoms with Crippen LogP contribution in [0, 0.1) is 0 Å². The van der Waals surface area contributed by atoms with Crippen molar-refractivity contribution >= 4 is 33.3 Å². The van der Waals surface area contributed by atoms with Crippen LogP contribution in [-0.4, -0.2) is 29.8 Å². The zero-order valence-corrected chi connectivity index (χ0v) is 22.1. The van der Waals surface area contributed by atoms with Gasteiger partial charge >= 0.3 is 0 Å². The van der Waals surface area contributed by atoms with Gasteiger partial charge in [0.05, 0.1) is 12.8 Å². The van der Waals surface area contributed by atoms with Crippen LogP contribution in [-0.2, 0) is 17.8 Å². The predicted octanol–water partition coefficient (Wildman–Crippen LogP) is 6.59. The van der Waals surface area contributed by atoms with Gasteiger partial charge in [0.1, 0.15) is 22.7 Å². The average Bonchev–Trinajstić information content (AvgIpc) is 3.31. The van der Waals surface area contributed by atoms with Crippen molar-refractivity contribution in [1.29, 1.82) is 0 Å². The maximum Gasteiger partial charge on any atom is 0.277 e. The fourth-order valence-corrected chi connectivity index (χ4v) is 4.93. The molecule has 1 aliphatic rings. The van der Waals surface area contributed by atoms with E-state index in [0.29, 0.717) is 31.2 Å². The monoisotopic (exact) mass is 520 g/mol. The van der Waals surface area contributed by atoms with Crippen LogP contribution < -0.4 is 16.2 Å². The number of methoxy groups -OCH3 is 1. The molecule has 0 atom stereocenters. The summed E-state index contributed by atoms with van der Waals surface area (Å²) in [5.41, 5.74) is 6.52. The number of ether oxygens (including phenoxy) is 1. The van der Waals surface area contributed by atoms with Crippen molar-refractivity contribution in [2.75, 3.05) is 30.9 Å². The molecule has 0 unspecified atom stereocenters. The number of para-hydroxylation sites is 1. The van der Waals surface area contributed by atoms with Crippen LogP contribution in [0.1, 0.15) is 24.8 Å². The molecule has 2 heterocycles. The van der Waals surface area contributed by atoms with Gasteiger partial charge in [-0.05, 0) is 67.3 Å². The van der Waals surface area contributed by atoms with Crippen molar-refractivity contribution < 1.29 is 9.15 Å². The van der Waals surface area contributed by atoms with Crippen molar-refractivity contribution in [2.45, 2.75) is 32.4 Å². The molecule has 0 aliphatic heterocycles. The lowest BCUT2D eigenvalue weighted by molar-refractivity contribution is 0.211. The van der Waals surface area contributed by atoms with E-state index in [2.05, 4.69) is 28.8 Å². The van der Waals surface area contributed by atoms with Crippen molar-refractivity contribution in [3.05, 3.63) is 100 Å². The highest BCUT2D eigenvalue weighted by Crippen LogP contribution is 2.29. The molecule has 0 spiro atoms. The summed E-state index contributed by atoms with van der Waals surface area (Å²) in [5, 5.41) is 8.83. The molecule has 39 heavy (non-hydrogen) atoms. The normalized spacial score (nSPS) is 13.0. The maximum absolute atomic E-state index is 13.7. The molecule has 5 aromatic rings. The second kappa shape index (κ2) is 11.2. The van der Waals surface area contributed by atoms with E-state index < -0.39 is 0 Å². The average molecular weight is 521 g/mol. The molecule has 0 radical (unpaired) electrons. The smallest absolute Gasteiger partial charge is 0.277 e. The van der Waals surface area contributed by atoms with Crippen molar-refractivity contribution in [1.82, 2.24) is 9.55 Å². The van der Waals surface area contributed by atoms with Gasteiger partial charge in [-0.25, -0.2) is 4.98 Å². The Bertz CT molecular complexity index is 1690. The lowest BCUT2D eigenvalue weighted by atomic mass is 9.92. The number of allylic oxidation sites excluding steroid dienone is 2. The fourth-order valence-electron chi connectivity index (χ4n) is 4.93. The molecule has 1 saturated carbocycles. The number of nitrogens with zero attached hydrogens (tertiary/aromatic N) is 2. The van der Waals surface area contributed by atoms with Gasteiger partial charge in [-0.1, -0.05) is 35.9 Å². The third-order valence-electron chi connectivity index (χ3n) is 7.31. The van der Waals surface area contributed by atoms with E-state index in [1.54, 1.807) is 17.9 Å². The Morgan fingerprint density at radius 2 is 1.82 bits per heavy atom. The summed E-state index contributed by atoms with van der Waals surface area (Å²) in [4.78, 5) is 18.4. The number of hydrogen-bond donors (Lipinski definition) is 2. The standard InChI is InChI=1S/C32H32N4O3/c1-38-18-16-33-25-12-10-24(11-13-25)31-35-21-28(32(37)36(31)17-15-22-5-4-6-22)34-20-23-9-14-30-27(19-23)26-7-2-3-8-29(26)39-30/h2-3,7-15,19,21,33-34H,4-6,16-18,20H2,1H3. The number of aromatic nitrogens is 2. The first-order valence-electron chi connectivity index (χ1n) is 13.4. The van der Waals surface area contributed by atoms with Crippen molar-refractivity contribution in [3.63, 3.8) is 0 Å². The quantitative estimate of drug-likeness (QED) is 0.160. The van der Waals surface area contributed by atoms with E-state index in [9.17, 15) is 4.79 Å². The van der Waals surface area contributed by atoms with Crippen molar-refractivity contribution in [2.24, 2.45) is 0 Å². The van der Waals surface area contributed by atoms with E-state index in [4.69, 9.17) is 14.1 Å². The minimum atomic E-state index is -0.0756. The molecule has 6 rings (SSSR count). The first kappa shape index (κ1) is 24.9. The topological polar surface area (TPSA) is 81.3 Å². The van der Waals surface area contributed by atoms with Gasteiger partial charge < -0.3 is 19.8 Å². The van der Waals surface area contributed by atoms with Crippen LogP contribution in [0.15, 0.2) is 93.8 Å². The van der Waals surface area contributed by atoms with Crippen LogP contribution >= 0.6 is 0 Å². The van der Waals surface area contributed by atoms with Gasteiger partial charge in [0.15, 0.2) is 0 Å². The highest BCUT2D eigenvalue weighted by atomic mass is 16.5. The summed E-state index contributed by atoms with van der Waals surface area (Å²) in [6.45, 7) is 2.39. The SMILES string of the molecule is COCCNc1ccc(-c2ncc(NCc3ccc4oc5ccccc5c4c3)c(=O)n2CC=C2CCC2)cc1. The van der Waals surface area contributed by atoms with Gasteiger partial charge in [-0.2, -0.15) is 0 Å². The second-order valence-electron chi connectivity index (χ2n) is 9.91. The lowest BCUT2D eigenvalue weighted by Crippen LogP contribution is -2.26. The molecule has 1 aliphatic carbocycles. The number of benzene rings is 3. The predicted molar refractivity (Wildman–Crippen MR) is 157 cm³/mol. The van der Waals surface area contributed by atoms with Gasteiger partial charge in [0, 0.05) is 48.8 Å². The zero-order chi connectivity index (χ0) is 26.6. The Labute approximate surface area is 227 Å². The second-order valence-corrected chi connectivity index (χ2v) is 9.91. The number of fused-ring (bicyclic) bond motifs is 3.